The number of likely N-dealkylation sites (N-methyl/N-ethyl adjacent to an activating group) is 1. The molecule has 0 atom stereocenters. The maximum Gasteiger partial charge on any atom is 0.265 e. The molecule has 3 nitrogen and oxygen atoms in total. The number of rotatable bonds is 1. The molecule has 1 N–H and O–H groups in total. The minimum atomic E-state index is -0.106. The van der Waals surface area contributed by atoms with Gasteiger partial charge in [-0.1, -0.05) is 24.0 Å². The number of carbonyl (C=O) groups excluding carboxylic acids is 1. The molecule has 0 unspecified atom stereocenters. The van der Waals surface area contributed by atoms with Crippen LogP contribution in [0.25, 0.3) is 6.08 Å². The Hall–Kier alpha value is -0.370. The lowest BCUT2D eigenvalue weighted by atomic mass is 10.2. The van der Waals surface area contributed by atoms with Crippen LogP contribution in [0.4, 0.5) is 0 Å². The van der Waals surface area contributed by atoms with Gasteiger partial charge in [0, 0.05) is 7.05 Å². The Morgan fingerprint density at radius 1 is 1.39 bits per heavy atom. The van der Waals surface area contributed by atoms with Gasteiger partial charge >= 0.3 is 0 Å². The zero-order valence-corrected chi connectivity index (χ0v) is 13.9. The van der Waals surface area contributed by atoms with Crippen molar-refractivity contribution in [2.45, 2.75) is 0 Å². The average Bonchev–Trinajstić information content (AvgIpc) is 2.54. The first-order valence-corrected chi connectivity index (χ1v) is 7.61. The van der Waals surface area contributed by atoms with E-state index in [1.807, 2.05) is 0 Å². The van der Waals surface area contributed by atoms with Crippen molar-refractivity contribution < 1.29 is 9.90 Å². The molecule has 0 saturated carbocycles. The minimum absolute atomic E-state index is 0.106. The SMILES string of the molecule is CN1C(=O)C(=Cc2cc(Br)c(O)c(Br)c2)SC1=S. The van der Waals surface area contributed by atoms with Crippen LogP contribution in [-0.4, -0.2) is 27.3 Å². The summed E-state index contributed by atoms with van der Waals surface area (Å²) in [6.45, 7) is 0. The first kappa shape index (κ1) is 14.0. The van der Waals surface area contributed by atoms with Gasteiger partial charge in [-0.15, -0.1) is 0 Å². The lowest BCUT2D eigenvalue weighted by molar-refractivity contribution is -0.121. The van der Waals surface area contributed by atoms with Crippen LogP contribution < -0.4 is 0 Å². The Morgan fingerprint density at radius 2 is 1.94 bits per heavy atom. The molecule has 1 aliphatic heterocycles. The predicted molar refractivity (Wildman–Crippen MR) is 84.4 cm³/mol. The van der Waals surface area contributed by atoms with Crippen molar-refractivity contribution in [3.63, 3.8) is 0 Å². The number of aromatic hydroxyl groups is 1. The van der Waals surface area contributed by atoms with E-state index in [-0.39, 0.29) is 11.7 Å². The van der Waals surface area contributed by atoms with E-state index in [0.717, 1.165) is 5.56 Å². The molecule has 1 saturated heterocycles. The number of hydrogen-bond donors (Lipinski definition) is 1. The molecule has 1 aromatic carbocycles. The summed E-state index contributed by atoms with van der Waals surface area (Å²) in [5, 5.41) is 9.61. The smallest absolute Gasteiger partial charge is 0.265 e. The van der Waals surface area contributed by atoms with Crippen LogP contribution in [0.3, 0.4) is 0 Å². The first-order valence-electron chi connectivity index (χ1n) is 4.79. The second kappa shape index (κ2) is 5.32. The van der Waals surface area contributed by atoms with Gasteiger partial charge in [-0.25, -0.2) is 0 Å². The average molecular weight is 409 g/mol. The molecule has 1 aliphatic rings. The topological polar surface area (TPSA) is 40.5 Å². The van der Waals surface area contributed by atoms with E-state index in [0.29, 0.717) is 18.2 Å². The number of halogens is 2. The number of thiocarbonyl (C=S) groups is 1. The van der Waals surface area contributed by atoms with Crippen molar-refractivity contribution in [2.75, 3.05) is 7.05 Å². The van der Waals surface area contributed by atoms with Gasteiger partial charge in [0.1, 0.15) is 10.1 Å². The lowest BCUT2D eigenvalue weighted by Gasteiger charge is -2.04. The number of thioether (sulfide) groups is 1. The molecular formula is C11H7Br2NO2S2. The van der Waals surface area contributed by atoms with Gasteiger partial charge in [-0.3, -0.25) is 9.69 Å². The molecule has 0 radical (unpaired) electrons. The second-order valence-corrected chi connectivity index (χ2v) is 6.96. The number of phenols is 1. The Kier molecular flexibility index (Phi) is 4.15. The van der Waals surface area contributed by atoms with E-state index in [4.69, 9.17) is 12.2 Å². The zero-order valence-electron chi connectivity index (χ0n) is 9.11. The number of nitrogens with zero attached hydrogens (tertiary/aromatic N) is 1. The number of carbonyl (C=O) groups is 1. The fourth-order valence-corrected chi connectivity index (χ4v) is 3.77. The Balaban J connectivity index is 2.40. The van der Waals surface area contributed by atoms with Crippen molar-refractivity contribution in [1.29, 1.82) is 0 Å². The molecule has 1 heterocycles. The van der Waals surface area contributed by atoms with Crippen molar-refractivity contribution in [3.8, 4) is 5.75 Å². The highest BCUT2D eigenvalue weighted by Crippen LogP contribution is 2.36. The number of benzene rings is 1. The molecule has 0 aromatic heterocycles. The third-order valence-electron chi connectivity index (χ3n) is 2.32. The Bertz CT molecular complexity index is 563. The van der Waals surface area contributed by atoms with Gasteiger partial charge in [0.25, 0.3) is 5.91 Å². The summed E-state index contributed by atoms with van der Waals surface area (Å²) in [5.74, 6) is 0.0283. The van der Waals surface area contributed by atoms with Gasteiger partial charge in [0.2, 0.25) is 0 Å². The largest absolute Gasteiger partial charge is 0.506 e. The van der Waals surface area contributed by atoms with Gasteiger partial charge in [-0.05, 0) is 55.6 Å². The lowest BCUT2D eigenvalue weighted by Crippen LogP contribution is -2.22. The maximum absolute atomic E-state index is 11.8. The van der Waals surface area contributed by atoms with Crippen molar-refractivity contribution >= 4 is 72.1 Å². The normalized spacial score (nSPS) is 17.9. The van der Waals surface area contributed by atoms with Crippen LogP contribution in [0.15, 0.2) is 26.0 Å². The summed E-state index contributed by atoms with van der Waals surface area (Å²) in [6, 6.07) is 3.48. The molecule has 94 valence electrons. The first-order chi connectivity index (χ1) is 8.40. The van der Waals surface area contributed by atoms with Crippen LogP contribution in [0, 0.1) is 0 Å². The van der Waals surface area contributed by atoms with Crippen LogP contribution in [-0.2, 0) is 4.79 Å². The molecular weight excluding hydrogens is 402 g/mol. The molecule has 1 fully saturated rings. The summed E-state index contributed by atoms with van der Waals surface area (Å²) >= 11 is 12.8. The van der Waals surface area contributed by atoms with Crippen molar-refractivity contribution in [2.24, 2.45) is 0 Å². The van der Waals surface area contributed by atoms with E-state index in [1.54, 1.807) is 25.3 Å². The molecule has 0 spiro atoms. The monoisotopic (exact) mass is 407 g/mol. The van der Waals surface area contributed by atoms with Crippen LogP contribution in [0.2, 0.25) is 0 Å². The fraction of sp³-hybridized carbons (Fsp3) is 0.0909. The molecule has 0 bridgehead atoms. The van der Waals surface area contributed by atoms with Crippen LogP contribution >= 0.6 is 55.8 Å². The van der Waals surface area contributed by atoms with Crippen molar-refractivity contribution in [1.82, 2.24) is 4.90 Å². The molecule has 0 aliphatic carbocycles. The van der Waals surface area contributed by atoms with Gasteiger partial charge in [0.05, 0.1) is 13.9 Å². The molecule has 7 heteroatoms. The highest BCUT2D eigenvalue weighted by molar-refractivity contribution is 9.11. The van der Waals surface area contributed by atoms with Crippen LogP contribution in [0.5, 0.6) is 5.75 Å². The summed E-state index contributed by atoms with van der Waals surface area (Å²) < 4.78 is 1.67. The van der Waals surface area contributed by atoms with Gasteiger partial charge in [-0.2, -0.15) is 0 Å². The molecule has 1 amide bonds. The molecule has 18 heavy (non-hydrogen) atoms. The van der Waals surface area contributed by atoms with E-state index in [9.17, 15) is 9.90 Å². The highest BCUT2D eigenvalue weighted by atomic mass is 79.9. The van der Waals surface area contributed by atoms with Crippen molar-refractivity contribution in [3.05, 3.63) is 31.5 Å². The number of hydrogen-bond acceptors (Lipinski definition) is 4. The number of phenolic OH excluding ortho intramolecular Hbond substituents is 1. The Morgan fingerprint density at radius 3 is 2.39 bits per heavy atom. The second-order valence-electron chi connectivity index (χ2n) is 3.57. The zero-order chi connectivity index (χ0) is 13.4. The van der Waals surface area contributed by atoms with E-state index < -0.39 is 0 Å². The maximum atomic E-state index is 11.8. The molecule has 2 rings (SSSR count). The highest BCUT2D eigenvalue weighted by Gasteiger charge is 2.28. The van der Waals surface area contributed by atoms with Gasteiger partial charge in [0.15, 0.2) is 0 Å². The quantitative estimate of drug-likeness (QED) is 0.567. The minimum Gasteiger partial charge on any atom is -0.506 e. The number of amides is 1. The standard InChI is InChI=1S/C11H7Br2NO2S2/c1-14-10(16)8(18-11(14)17)4-5-2-6(12)9(15)7(13)3-5/h2-4,15H,1H3. The van der Waals surface area contributed by atoms with E-state index in [1.165, 1.54) is 16.7 Å². The molecule has 1 aromatic rings. The Labute approximate surface area is 130 Å². The predicted octanol–water partition coefficient (Wildman–Crippen LogP) is 3.75. The van der Waals surface area contributed by atoms with E-state index >= 15 is 0 Å². The summed E-state index contributed by atoms with van der Waals surface area (Å²) in [6.07, 6.45) is 1.75. The summed E-state index contributed by atoms with van der Waals surface area (Å²) in [5.41, 5.74) is 0.806. The summed E-state index contributed by atoms with van der Waals surface area (Å²) in [4.78, 5) is 13.9. The summed E-state index contributed by atoms with van der Waals surface area (Å²) in [7, 11) is 1.65. The third kappa shape index (κ3) is 2.64. The van der Waals surface area contributed by atoms with Gasteiger partial charge < -0.3 is 5.11 Å². The van der Waals surface area contributed by atoms with Crippen LogP contribution in [0.1, 0.15) is 5.56 Å². The van der Waals surface area contributed by atoms with E-state index in [2.05, 4.69) is 31.9 Å². The fourth-order valence-electron chi connectivity index (χ4n) is 1.37. The third-order valence-corrected chi connectivity index (χ3v) is 5.02.